The number of rotatable bonds is 7. The normalized spacial score (nSPS) is 14.5. The topological polar surface area (TPSA) is 0 Å². The average molecular weight is 323 g/mol. The maximum absolute atomic E-state index is 2.19. The minimum atomic E-state index is 1.23. The summed E-state index contributed by atoms with van der Waals surface area (Å²) in [5.74, 6) is 0. The molecule has 0 saturated heterocycles. The third kappa shape index (κ3) is 9.84. The Labute approximate surface area is 150 Å². The Morgan fingerprint density at radius 1 is 0.458 bits per heavy atom. The van der Waals surface area contributed by atoms with Crippen molar-refractivity contribution in [3.8, 4) is 0 Å². The first-order valence-electron chi connectivity index (χ1n) is 8.63. The van der Waals surface area contributed by atoms with Gasteiger partial charge in [0.15, 0.2) is 0 Å². The van der Waals surface area contributed by atoms with Gasteiger partial charge in [0.25, 0.3) is 0 Å². The summed E-state index contributed by atoms with van der Waals surface area (Å²) in [6.45, 7) is 16.9. The molecule has 0 rings (SSSR count). The number of allylic oxidation sites excluding steroid dienone is 16. The first kappa shape index (κ1) is 21.9. The van der Waals surface area contributed by atoms with Crippen LogP contribution < -0.4 is 0 Å². The van der Waals surface area contributed by atoms with Crippen LogP contribution in [0.1, 0.15) is 55.4 Å². The lowest BCUT2D eigenvalue weighted by molar-refractivity contribution is 1.35. The van der Waals surface area contributed by atoms with E-state index in [-0.39, 0.29) is 0 Å². The van der Waals surface area contributed by atoms with Crippen LogP contribution in [0.3, 0.4) is 0 Å². The van der Waals surface area contributed by atoms with Gasteiger partial charge in [-0.2, -0.15) is 0 Å². The van der Waals surface area contributed by atoms with Crippen LogP contribution in [0.5, 0.6) is 0 Å². The fourth-order valence-electron chi connectivity index (χ4n) is 1.95. The molecular weight excluding hydrogens is 288 g/mol. The molecule has 0 N–H and O–H groups in total. The summed E-state index contributed by atoms with van der Waals surface area (Å²) in [6.07, 6.45) is 21.5. The van der Waals surface area contributed by atoms with Crippen LogP contribution in [0.15, 0.2) is 94.2 Å². The molecule has 0 aromatic heterocycles. The summed E-state index contributed by atoms with van der Waals surface area (Å²) >= 11 is 0. The van der Waals surface area contributed by atoms with E-state index >= 15 is 0 Å². The van der Waals surface area contributed by atoms with Gasteiger partial charge in [0, 0.05) is 0 Å². The molecule has 0 aliphatic carbocycles. The molecule has 0 bridgehead atoms. The Kier molecular flexibility index (Phi) is 11.3. The van der Waals surface area contributed by atoms with Crippen LogP contribution in [0, 0.1) is 0 Å². The average Bonchev–Trinajstić information content (AvgIpc) is 2.52. The highest BCUT2D eigenvalue weighted by Crippen LogP contribution is 2.16. The van der Waals surface area contributed by atoms with Gasteiger partial charge in [-0.15, -0.1) is 0 Å². The standard InChI is InChI=1S/C24H34/c1-9-11-23(17-14-20(5)6)22(8)16-18-24(12-10-2)21(7)15-13-19(3)4/h9-18H,1-8H3/b11-9-,12-10-,21-15+,22-16+,23-17+,24-18+. The van der Waals surface area contributed by atoms with Crippen molar-refractivity contribution in [3.63, 3.8) is 0 Å². The van der Waals surface area contributed by atoms with E-state index in [1.54, 1.807) is 0 Å². The van der Waals surface area contributed by atoms with Crippen molar-refractivity contribution < 1.29 is 0 Å². The van der Waals surface area contributed by atoms with E-state index in [1.807, 2.05) is 0 Å². The Balaban J connectivity index is 5.75. The van der Waals surface area contributed by atoms with E-state index < -0.39 is 0 Å². The summed E-state index contributed by atoms with van der Waals surface area (Å²) in [5, 5.41) is 0. The zero-order valence-electron chi connectivity index (χ0n) is 16.8. The molecule has 130 valence electrons. The van der Waals surface area contributed by atoms with Crippen molar-refractivity contribution in [2.24, 2.45) is 0 Å². The number of hydrogen-bond acceptors (Lipinski definition) is 0. The van der Waals surface area contributed by atoms with Crippen LogP contribution in [0.4, 0.5) is 0 Å². The third-order valence-electron chi connectivity index (χ3n) is 3.38. The molecular formula is C24H34. The van der Waals surface area contributed by atoms with E-state index in [1.165, 1.54) is 33.4 Å². The van der Waals surface area contributed by atoms with Crippen molar-refractivity contribution in [2.75, 3.05) is 0 Å². The quantitative estimate of drug-likeness (QED) is 0.419. The highest BCUT2D eigenvalue weighted by molar-refractivity contribution is 5.47. The van der Waals surface area contributed by atoms with Gasteiger partial charge < -0.3 is 0 Å². The predicted octanol–water partition coefficient (Wildman–Crippen LogP) is 7.82. The molecule has 0 aromatic rings. The van der Waals surface area contributed by atoms with Crippen LogP contribution in [0.25, 0.3) is 0 Å². The molecule has 0 aliphatic heterocycles. The molecule has 0 heterocycles. The molecule has 0 heteroatoms. The molecule has 0 fully saturated rings. The lowest BCUT2D eigenvalue weighted by Gasteiger charge is -2.04. The van der Waals surface area contributed by atoms with Gasteiger partial charge in [0.1, 0.15) is 0 Å². The third-order valence-corrected chi connectivity index (χ3v) is 3.38. The Hall–Kier alpha value is -2.08. The Bertz CT molecular complexity index is 628. The fraction of sp³-hybridized carbons (Fsp3) is 0.333. The Morgan fingerprint density at radius 3 is 1.17 bits per heavy atom. The molecule has 0 saturated carbocycles. The molecule has 0 nitrogen and oxygen atoms in total. The highest BCUT2D eigenvalue weighted by Gasteiger charge is 1.96. The molecule has 0 aliphatic rings. The lowest BCUT2D eigenvalue weighted by Crippen LogP contribution is -1.84. The Morgan fingerprint density at radius 2 is 0.792 bits per heavy atom. The van der Waals surface area contributed by atoms with E-state index in [4.69, 9.17) is 0 Å². The molecule has 0 radical (unpaired) electrons. The minimum Gasteiger partial charge on any atom is -0.0871 e. The molecule has 0 spiro atoms. The zero-order valence-corrected chi connectivity index (χ0v) is 16.8. The van der Waals surface area contributed by atoms with E-state index in [0.29, 0.717) is 0 Å². The summed E-state index contributed by atoms with van der Waals surface area (Å²) < 4.78 is 0. The van der Waals surface area contributed by atoms with Crippen LogP contribution in [-0.4, -0.2) is 0 Å². The lowest BCUT2D eigenvalue weighted by atomic mass is 10.0. The second kappa shape index (κ2) is 12.4. The van der Waals surface area contributed by atoms with Gasteiger partial charge in [0.2, 0.25) is 0 Å². The van der Waals surface area contributed by atoms with Crippen molar-refractivity contribution in [3.05, 3.63) is 94.2 Å². The molecule has 0 amide bonds. The maximum Gasteiger partial charge on any atom is -0.0231 e. The second-order valence-corrected chi connectivity index (χ2v) is 6.43. The number of hydrogen-bond donors (Lipinski definition) is 0. The SMILES string of the molecule is C\C=C/C(=C\C=C(C)C)C(/C)=C/C=C(\C=C/C)C(/C)=C/C=C(C)C. The fourth-order valence-corrected chi connectivity index (χ4v) is 1.95. The van der Waals surface area contributed by atoms with Crippen LogP contribution in [0.2, 0.25) is 0 Å². The largest absolute Gasteiger partial charge is 0.0871 e. The van der Waals surface area contributed by atoms with Crippen molar-refractivity contribution >= 4 is 0 Å². The maximum atomic E-state index is 2.19. The molecule has 0 atom stereocenters. The van der Waals surface area contributed by atoms with Gasteiger partial charge in [-0.3, -0.25) is 0 Å². The highest BCUT2D eigenvalue weighted by atomic mass is 14.0. The summed E-state index contributed by atoms with van der Waals surface area (Å²) in [4.78, 5) is 0. The van der Waals surface area contributed by atoms with Gasteiger partial charge in [-0.1, -0.05) is 71.9 Å². The van der Waals surface area contributed by atoms with E-state index in [9.17, 15) is 0 Å². The van der Waals surface area contributed by atoms with E-state index in [2.05, 4.69) is 116 Å². The van der Waals surface area contributed by atoms with Gasteiger partial charge in [0.05, 0.1) is 0 Å². The van der Waals surface area contributed by atoms with Crippen molar-refractivity contribution in [1.29, 1.82) is 0 Å². The van der Waals surface area contributed by atoms with Gasteiger partial charge >= 0.3 is 0 Å². The summed E-state index contributed by atoms with van der Waals surface area (Å²) in [6, 6.07) is 0. The predicted molar refractivity (Wildman–Crippen MR) is 112 cm³/mol. The van der Waals surface area contributed by atoms with Crippen molar-refractivity contribution in [2.45, 2.75) is 55.4 Å². The zero-order chi connectivity index (χ0) is 18.5. The van der Waals surface area contributed by atoms with Gasteiger partial charge in [-0.05, 0) is 77.7 Å². The first-order valence-corrected chi connectivity index (χ1v) is 8.63. The van der Waals surface area contributed by atoms with Crippen molar-refractivity contribution in [1.82, 2.24) is 0 Å². The second-order valence-electron chi connectivity index (χ2n) is 6.43. The first-order chi connectivity index (χ1) is 11.3. The van der Waals surface area contributed by atoms with Gasteiger partial charge in [-0.25, -0.2) is 0 Å². The van der Waals surface area contributed by atoms with Crippen LogP contribution in [-0.2, 0) is 0 Å². The smallest absolute Gasteiger partial charge is 0.0231 e. The summed E-state index contributed by atoms with van der Waals surface area (Å²) in [7, 11) is 0. The van der Waals surface area contributed by atoms with E-state index in [0.717, 1.165) is 0 Å². The summed E-state index contributed by atoms with van der Waals surface area (Å²) in [5.41, 5.74) is 7.59. The molecule has 24 heavy (non-hydrogen) atoms. The minimum absolute atomic E-state index is 1.23. The monoisotopic (exact) mass is 322 g/mol. The molecule has 0 unspecified atom stereocenters. The van der Waals surface area contributed by atoms with Crippen LogP contribution >= 0.6 is 0 Å². The molecule has 0 aromatic carbocycles.